The molecule has 0 bridgehead atoms. The number of nitrogens with one attached hydrogen (secondary N) is 1. The monoisotopic (exact) mass is 272 g/mol. The second-order valence-corrected chi connectivity index (χ2v) is 6.21. The lowest BCUT2D eigenvalue weighted by Gasteiger charge is -2.32. The minimum atomic E-state index is -0.775. The highest BCUT2D eigenvalue weighted by Crippen LogP contribution is 2.41. The Morgan fingerprint density at radius 2 is 2.20 bits per heavy atom. The van der Waals surface area contributed by atoms with Crippen LogP contribution in [0.15, 0.2) is 18.2 Å². The van der Waals surface area contributed by atoms with Gasteiger partial charge in [0.15, 0.2) is 0 Å². The number of nitrogens with two attached hydrogens (primary N) is 1. The fourth-order valence-electron chi connectivity index (χ4n) is 3.40. The van der Waals surface area contributed by atoms with E-state index >= 15 is 0 Å². The van der Waals surface area contributed by atoms with Crippen molar-refractivity contribution in [3.8, 4) is 0 Å². The Balaban J connectivity index is 2.27. The van der Waals surface area contributed by atoms with Crippen molar-refractivity contribution in [1.29, 1.82) is 0 Å². The Bertz CT molecular complexity index is 680. The van der Waals surface area contributed by atoms with E-state index in [-0.39, 0.29) is 5.92 Å². The van der Waals surface area contributed by atoms with Crippen molar-refractivity contribution in [2.45, 2.75) is 44.6 Å². The van der Waals surface area contributed by atoms with Gasteiger partial charge in [0, 0.05) is 17.0 Å². The summed E-state index contributed by atoms with van der Waals surface area (Å²) in [5, 5.41) is 11.4. The van der Waals surface area contributed by atoms with E-state index in [9.17, 15) is 9.90 Å². The molecule has 0 fully saturated rings. The summed E-state index contributed by atoms with van der Waals surface area (Å²) in [4.78, 5) is 14.9. The third-order valence-corrected chi connectivity index (χ3v) is 4.36. The minimum Gasteiger partial charge on any atom is -0.390 e. The number of hydrogen-bond acceptors (Lipinski definition) is 2. The third-order valence-electron chi connectivity index (χ3n) is 4.36. The number of rotatable bonds is 2. The zero-order valence-corrected chi connectivity index (χ0v) is 11.9. The zero-order valence-electron chi connectivity index (χ0n) is 11.9. The molecule has 4 N–H and O–H groups in total. The zero-order chi connectivity index (χ0) is 14.5. The van der Waals surface area contributed by atoms with Crippen LogP contribution in [0.2, 0.25) is 0 Å². The number of aliphatic hydroxyl groups is 1. The van der Waals surface area contributed by atoms with Crippen LogP contribution in [0.3, 0.4) is 0 Å². The van der Waals surface area contributed by atoms with Crippen LogP contribution in [-0.4, -0.2) is 21.6 Å². The summed E-state index contributed by atoms with van der Waals surface area (Å²) in [5.41, 5.74) is 8.29. The number of aromatic nitrogens is 1. The first-order valence-corrected chi connectivity index (χ1v) is 7.05. The van der Waals surface area contributed by atoms with Crippen molar-refractivity contribution in [2.75, 3.05) is 0 Å². The molecule has 1 aliphatic carbocycles. The van der Waals surface area contributed by atoms with Gasteiger partial charge in [0.25, 0.3) is 5.91 Å². The SMILES string of the molecule is CC(C)(O)[C@H]1CCCc2c1[nH]c1c(C(N)=O)cccc21. The van der Waals surface area contributed by atoms with Gasteiger partial charge in [-0.05, 0) is 44.7 Å². The Kier molecular flexibility index (Phi) is 2.87. The number of para-hydroxylation sites is 1. The highest BCUT2D eigenvalue weighted by Gasteiger charge is 2.34. The second-order valence-electron chi connectivity index (χ2n) is 6.21. The van der Waals surface area contributed by atoms with Gasteiger partial charge in [-0.3, -0.25) is 4.79 Å². The van der Waals surface area contributed by atoms with Crippen molar-refractivity contribution < 1.29 is 9.90 Å². The van der Waals surface area contributed by atoms with Crippen molar-refractivity contribution in [3.63, 3.8) is 0 Å². The van der Waals surface area contributed by atoms with Crippen LogP contribution in [0.1, 0.15) is 54.2 Å². The van der Waals surface area contributed by atoms with E-state index in [1.807, 2.05) is 26.0 Å². The molecule has 1 aromatic carbocycles. The normalized spacial score (nSPS) is 19.1. The molecule has 0 aliphatic heterocycles. The molecule has 1 amide bonds. The summed E-state index contributed by atoms with van der Waals surface area (Å²) < 4.78 is 0. The molecule has 4 heteroatoms. The summed E-state index contributed by atoms with van der Waals surface area (Å²) in [7, 11) is 0. The average Bonchev–Trinajstić information content (AvgIpc) is 2.75. The van der Waals surface area contributed by atoms with Crippen LogP contribution in [-0.2, 0) is 6.42 Å². The average molecular weight is 272 g/mol. The van der Waals surface area contributed by atoms with Crippen LogP contribution in [0.5, 0.6) is 0 Å². The number of fused-ring (bicyclic) bond motifs is 3. The number of H-pyrrole nitrogens is 1. The molecule has 3 rings (SSSR count). The smallest absolute Gasteiger partial charge is 0.250 e. The fraction of sp³-hybridized carbons (Fsp3) is 0.438. The van der Waals surface area contributed by atoms with Gasteiger partial charge < -0.3 is 15.8 Å². The quantitative estimate of drug-likeness (QED) is 0.785. The Morgan fingerprint density at radius 1 is 1.45 bits per heavy atom. The van der Waals surface area contributed by atoms with Crippen LogP contribution in [0, 0.1) is 0 Å². The number of primary amides is 1. The molecule has 20 heavy (non-hydrogen) atoms. The molecular formula is C16H20N2O2. The molecule has 0 saturated carbocycles. The summed E-state index contributed by atoms with van der Waals surface area (Å²) in [6, 6.07) is 5.62. The maximum Gasteiger partial charge on any atom is 0.250 e. The van der Waals surface area contributed by atoms with Gasteiger partial charge in [0.1, 0.15) is 0 Å². The lowest BCUT2D eigenvalue weighted by Crippen LogP contribution is -2.31. The number of aryl methyl sites for hydroxylation is 1. The second kappa shape index (κ2) is 4.35. The molecule has 0 radical (unpaired) electrons. The van der Waals surface area contributed by atoms with E-state index < -0.39 is 11.5 Å². The summed E-state index contributed by atoms with van der Waals surface area (Å²) in [6.07, 6.45) is 2.98. The van der Waals surface area contributed by atoms with Crippen LogP contribution in [0.4, 0.5) is 0 Å². The summed E-state index contributed by atoms with van der Waals surface area (Å²) in [5.74, 6) is -0.353. The molecule has 1 heterocycles. The minimum absolute atomic E-state index is 0.0689. The molecule has 1 atom stereocenters. The van der Waals surface area contributed by atoms with E-state index in [4.69, 9.17) is 5.73 Å². The van der Waals surface area contributed by atoms with Crippen LogP contribution < -0.4 is 5.73 Å². The molecule has 4 nitrogen and oxygen atoms in total. The molecular weight excluding hydrogens is 252 g/mol. The summed E-state index contributed by atoms with van der Waals surface area (Å²) in [6.45, 7) is 3.68. The number of carbonyl (C=O) groups excluding carboxylic acids is 1. The number of carbonyl (C=O) groups is 1. The van der Waals surface area contributed by atoms with Crippen LogP contribution >= 0.6 is 0 Å². The predicted molar refractivity (Wildman–Crippen MR) is 78.8 cm³/mol. The van der Waals surface area contributed by atoms with E-state index in [2.05, 4.69) is 4.98 Å². The number of aromatic amines is 1. The number of amides is 1. The van der Waals surface area contributed by atoms with Gasteiger partial charge in [-0.15, -0.1) is 0 Å². The highest BCUT2D eigenvalue weighted by atomic mass is 16.3. The fourth-order valence-corrected chi connectivity index (χ4v) is 3.40. The first-order valence-electron chi connectivity index (χ1n) is 7.05. The summed E-state index contributed by atoms with van der Waals surface area (Å²) >= 11 is 0. The number of hydrogen-bond donors (Lipinski definition) is 3. The van der Waals surface area contributed by atoms with Gasteiger partial charge in [-0.2, -0.15) is 0 Å². The van der Waals surface area contributed by atoms with Gasteiger partial charge in [0.2, 0.25) is 0 Å². The molecule has 1 aromatic heterocycles. The molecule has 0 spiro atoms. The van der Waals surface area contributed by atoms with Gasteiger partial charge in [0.05, 0.1) is 16.7 Å². The molecule has 1 aliphatic rings. The maximum absolute atomic E-state index is 11.6. The van der Waals surface area contributed by atoms with Gasteiger partial charge in [-0.25, -0.2) is 0 Å². The van der Waals surface area contributed by atoms with Crippen molar-refractivity contribution in [3.05, 3.63) is 35.0 Å². The van der Waals surface area contributed by atoms with Crippen LogP contribution in [0.25, 0.3) is 10.9 Å². The Hall–Kier alpha value is -1.81. The van der Waals surface area contributed by atoms with E-state index in [1.165, 1.54) is 5.56 Å². The van der Waals surface area contributed by atoms with Crippen molar-refractivity contribution in [1.82, 2.24) is 4.98 Å². The highest BCUT2D eigenvalue weighted by molar-refractivity contribution is 6.06. The molecule has 2 aromatic rings. The maximum atomic E-state index is 11.6. The van der Waals surface area contributed by atoms with Gasteiger partial charge >= 0.3 is 0 Å². The lowest BCUT2D eigenvalue weighted by molar-refractivity contribution is 0.0423. The van der Waals surface area contributed by atoms with E-state index in [1.54, 1.807) is 6.07 Å². The first kappa shape index (κ1) is 13.2. The molecule has 0 unspecified atom stereocenters. The van der Waals surface area contributed by atoms with Crippen molar-refractivity contribution in [2.24, 2.45) is 5.73 Å². The van der Waals surface area contributed by atoms with E-state index in [0.29, 0.717) is 5.56 Å². The Morgan fingerprint density at radius 3 is 2.85 bits per heavy atom. The Labute approximate surface area is 118 Å². The van der Waals surface area contributed by atoms with E-state index in [0.717, 1.165) is 35.9 Å². The lowest BCUT2D eigenvalue weighted by atomic mass is 9.78. The molecule has 0 saturated heterocycles. The molecule has 106 valence electrons. The number of benzene rings is 1. The largest absolute Gasteiger partial charge is 0.390 e. The first-order chi connectivity index (χ1) is 9.39. The predicted octanol–water partition coefficient (Wildman–Crippen LogP) is 2.46. The van der Waals surface area contributed by atoms with Gasteiger partial charge in [-0.1, -0.05) is 12.1 Å². The third kappa shape index (κ3) is 1.91. The standard InChI is InChI=1S/C16H20N2O2/c1-16(2,20)12-8-4-6-10-9-5-3-7-11(15(17)19)13(9)18-14(10)12/h3,5,7,12,18,20H,4,6,8H2,1-2H3,(H2,17,19)/t12-/m0/s1. The van der Waals surface area contributed by atoms with Crippen molar-refractivity contribution >= 4 is 16.8 Å². The topological polar surface area (TPSA) is 79.1 Å².